The lowest BCUT2D eigenvalue weighted by Crippen LogP contribution is -2.42. The fraction of sp³-hybridized carbons (Fsp3) is 0.571. The fourth-order valence-corrected chi connectivity index (χ4v) is 2.46. The van der Waals surface area contributed by atoms with Crippen molar-refractivity contribution in [3.63, 3.8) is 0 Å². The van der Waals surface area contributed by atoms with Gasteiger partial charge in [0.15, 0.2) is 0 Å². The van der Waals surface area contributed by atoms with E-state index >= 15 is 0 Å². The van der Waals surface area contributed by atoms with Crippen LogP contribution in [0.1, 0.15) is 18.0 Å². The van der Waals surface area contributed by atoms with Crippen molar-refractivity contribution >= 4 is 0 Å². The average Bonchev–Trinajstić information content (AvgIpc) is 3.15. The van der Waals surface area contributed by atoms with Crippen molar-refractivity contribution in [1.29, 1.82) is 0 Å². The Morgan fingerprint density at radius 1 is 1.57 bits per heavy atom. The summed E-state index contributed by atoms with van der Waals surface area (Å²) in [7, 11) is 0. The molecule has 2 N–H and O–H groups in total. The molecule has 0 saturated carbocycles. The molecule has 1 aliphatic heterocycles. The molecular weight excluding hydrogens is 272 g/mol. The van der Waals surface area contributed by atoms with Crippen LogP contribution < -0.4 is 5.32 Å². The average molecular weight is 292 g/mol. The van der Waals surface area contributed by atoms with Gasteiger partial charge in [0.25, 0.3) is 0 Å². The van der Waals surface area contributed by atoms with E-state index in [1.165, 1.54) is 0 Å². The van der Waals surface area contributed by atoms with Crippen LogP contribution in [0.4, 0.5) is 0 Å². The molecule has 0 unspecified atom stereocenters. The Morgan fingerprint density at radius 3 is 3.38 bits per heavy atom. The molecule has 0 spiro atoms. The van der Waals surface area contributed by atoms with Crippen molar-refractivity contribution < 1.29 is 14.3 Å². The van der Waals surface area contributed by atoms with Crippen molar-refractivity contribution in [3.8, 4) is 0 Å². The summed E-state index contributed by atoms with van der Waals surface area (Å²) in [5, 5.41) is 17.4. The summed E-state index contributed by atoms with van der Waals surface area (Å²) in [6, 6.07) is 3.99. The minimum Gasteiger partial charge on any atom is -0.467 e. The zero-order valence-electron chi connectivity index (χ0n) is 11.8. The van der Waals surface area contributed by atoms with Gasteiger partial charge in [0.05, 0.1) is 25.5 Å². The number of aliphatic hydroxyl groups excluding tert-OH is 1. The molecule has 0 amide bonds. The van der Waals surface area contributed by atoms with E-state index in [-0.39, 0.29) is 6.61 Å². The molecule has 7 heteroatoms. The first-order chi connectivity index (χ1) is 10.3. The molecule has 21 heavy (non-hydrogen) atoms. The Hall–Kier alpha value is -1.70. The van der Waals surface area contributed by atoms with Crippen LogP contribution >= 0.6 is 0 Å². The highest BCUT2D eigenvalue weighted by Gasteiger charge is 2.20. The Bertz CT molecular complexity index is 540. The first kappa shape index (κ1) is 14.2. The zero-order chi connectivity index (χ0) is 14.5. The number of aliphatic hydroxyl groups is 1. The molecule has 1 aliphatic rings. The van der Waals surface area contributed by atoms with Crippen LogP contribution in [0.15, 0.2) is 29.1 Å². The summed E-state index contributed by atoms with van der Waals surface area (Å²) < 4.78 is 12.5. The van der Waals surface area contributed by atoms with Crippen LogP contribution in [0, 0.1) is 0 Å². The monoisotopic (exact) mass is 292 g/mol. The molecule has 0 aliphatic carbocycles. The van der Waals surface area contributed by atoms with E-state index in [1.54, 1.807) is 12.6 Å². The number of hydrogen-bond donors (Lipinski definition) is 2. The number of furan rings is 1. The summed E-state index contributed by atoms with van der Waals surface area (Å²) in [6.07, 6.45) is 4.60. The standard InChI is InChI=1S/C14H20N4O3/c19-12(8-20-9-13-2-1-5-21-13)6-15-11-3-4-14-16-10-17-18(14)7-11/h1-2,5,10-12,15,19H,3-4,6-9H2/t11-,12-/m1/s1. The summed E-state index contributed by atoms with van der Waals surface area (Å²) in [5.74, 6) is 1.80. The normalized spacial score (nSPS) is 19.4. The zero-order valence-corrected chi connectivity index (χ0v) is 11.8. The minimum atomic E-state index is -0.530. The Balaban J connectivity index is 1.33. The first-order valence-electron chi connectivity index (χ1n) is 7.19. The van der Waals surface area contributed by atoms with Crippen LogP contribution in [0.2, 0.25) is 0 Å². The van der Waals surface area contributed by atoms with E-state index < -0.39 is 6.10 Å². The Morgan fingerprint density at radius 2 is 2.52 bits per heavy atom. The SMILES string of the molecule is O[C@H](CN[C@@H]1CCc2ncnn2C1)COCc1ccco1. The molecule has 0 radical (unpaired) electrons. The predicted octanol–water partition coefficient (Wildman–Crippen LogP) is 0.353. The van der Waals surface area contributed by atoms with Crippen molar-refractivity contribution in [1.82, 2.24) is 20.1 Å². The number of nitrogens with zero attached hydrogens (tertiary/aromatic N) is 3. The number of fused-ring (bicyclic) bond motifs is 1. The van der Waals surface area contributed by atoms with Crippen LogP contribution in [-0.4, -0.2) is 45.2 Å². The van der Waals surface area contributed by atoms with E-state index in [0.717, 1.165) is 31.0 Å². The summed E-state index contributed by atoms with van der Waals surface area (Å²) in [4.78, 5) is 4.20. The Kier molecular flexibility index (Phi) is 4.64. The van der Waals surface area contributed by atoms with Crippen LogP contribution in [0.25, 0.3) is 0 Å². The number of ether oxygens (including phenoxy) is 1. The molecule has 3 heterocycles. The Labute approximate surface area is 122 Å². The third-order valence-corrected chi connectivity index (χ3v) is 3.58. The summed E-state index contributed by atoms with van der Waals surface area (Å²) >= 11 is 0. The minimum absolute atomic E-state index is 0.287. The lowest BCUT2D eigenvalue weighted by Gasteiger charge is -2.24. The number of hydrogen-bond acceptors (Lipinski definition) is 6. The van der Waals surface area contributed by atoms with Gasteiger partial charge < -0.3 is 19.6 Å². The van der Waals surface area contributed by atoms with Crippen molar-refractivity contribution in [2.75, 3.05) is 13.2 Å². The van der Waals surface area contributed by atoms with E-state index in [0.29, 0.717) is 19.2 Å². The van der Waals surface area contributed by atoms with Crippen molar-refractivity contribution in [3.05, 3.63) is 36.3 Å². The smallest absolute Gasteiger partial charge is 0.138 e. The number of aryl methyl sites for hydroxylation is 1. The molecule has 2 aromatic rings. The van der Waals surface area contributed by atoms with Gasteiger partial charge in [-0.15, -0.1) is 0 Å². The molecule has 2 aromatic heterocycles. The lowest BCUT2D eigenvalue weighted by molar-refractivity contribution is 0.0209. The van der Waals surface area contributed by atoms with Gasteiger partial charge in [-0.2, -0.15) is 5.10 Å². The molecule has 114 valence electrons. The van der Waals surface area contributed by atoms with Gasteiger partial charge in [-0.1, -0.05) is 0 Å². The third kappa shape index (κ3) is 3.90. The third-order valence-electron chi connectivity index (χ3n) is 3.58. The molecule has 0 saturated heterocycles. The fourth-order valence-electron chi connectivity index (χ4n) is 2.46. The first-order valence-corrected chi connectivity index (χ1v) is 7.19. The van der Waals surface area contributed by atoms with Crippen molar-refractivity contribution in [2.24, 2.45) is 0 Å². The van der Waals surface area contributed by atoms with Crippen LogP contribution in [0.3, 0.4) is 0 Å². The molecule has 0 aromatic carbocycles. The maximum Gasteiger partial charge on any atom is 0.138 e. The maximum absolute atomic E-state index is 9.91. The second-order valence-electron chi connectivity index (χ2n) is 5.25. The highest BCUT2D eigenvalue weighted by Crippen LogP contribution is 2.11. The van der Waals surface area contributed by atoms with Crippen molar-refractivity contribution in [2.45, 2.75) is 38.1 Å². The largest absolute Gasteiger partial charge is 0.467 e. The second-order valence-corrected chi connectivity index (χ2v) is 5.25. The summed E-state index contributed by atoms with van der Waals surface area (Å²) in [6.45, 7) is 1.98. The van der Waals surface area contributed by atoms with Gasteiger partial charge >= 0.3 is 0 Å². The highest BCUT2D eigenvalue weighted by atomic mass is 16.5. The van der Waals surface area contributed by atoms with Crippen LogP contribution in [-0.2, 0) is 24.3 Å². The lowest BCUT2D eigenvalue weighted by atomic mass is 10.1. The van der Waals surface area contributed by atoms with Gasteiger partial charge in [-0.05, 0) is 18.6 Å². The van der Waals surface area contributed by atoms with E-state index in [4.69, 9.17) is 9.15 Å². The van der Waals surface area contributed by atoms with Gasteiger partial charge in [0.2, 0.25) is 0 Å². The molecule has 0 bridgehead atoms. The number of aromatic nitrogens is 3. The quantitative estimate of drug-likeness (QED) is 0.766. The van der Waals surface area contributed by atoms with Crippen LogP contribution in [0.5, 0.6) is 0 Å². The van der Waals surface area contributed by atoms with Gasteiger partial charge in [-0.3, -0.25) is 0 Å². The molecule has 7 nitrogen and oxygen atoms in total. The molecule has 0 fully saturated rings. The van der Waals surface area contributed by atoms with E-state index in [1.807, 2.05) is 16.8 Å². The molecule has 3 rings (SSSR count). The molecular formula is C14H20N4O3. The van der Waals surface area contributed by atoms with E-state index in [9.17, 15) is 5.11 Å². The maximum atomic E-state index is 9.91. The van der Waals surface area contributed by atoms with Gasteiger partial charge in [-0.25, -0.2) is 9.67 Å². The number of rotatable bonds is 7. The second kappa shape index (κ2) is 6.84. The predicted molar refractivity (Wildman–Crippen MR) is 74.5 cm³/mol. The number of nitrogens with one attached hydrogen (secondary N) is 1. The topological polar surface area (TPSA) is 85.3 Å². The van der Waals surface area contributed by atoms with E-state index in [2.05, 4.69) is 15.4 Å². The highest BCUT2D eigenvalue weighted by molar-refractivity contribution is 4.96. The van der Waals surface area contributed by atoms with Gasteiger partial charge in [0, 0.05) is 19.0 Å². The van der Waals surface area contributed by atoms with Gasteiger partial charge in [0.1, 0.15) is 24.5 Å². The summed E-state index contributed by atoms with van der Waals surface area (Å²) in [5.41, 5.74) is 0. The molecule has 2 atom stereocenters.